The van der Waals surface area contributed by atoms with Crippen LogP contribution in [0.4, 0.5) is 11.4 Å². The third kappa shape index (κ3) is 3.97. The minimum atomic E-state index is -0.269. The highest BCUT2D eigenvalue weighted by Crippen LogP contribution is 2.25. The van der Waals surface area contributed by atoms with Crippen LogP contribution in [0.1, 0.15) is 27.4 Å². The SMILES string of the molecule is Cc1noc(C)c1COc1ccc(C(=O)Nc2ccc(N)cc2Cl)cc1. The minimum absolute atomic E-state index is 0.269. The number of carbonyl (C=O) groups excluding carboxylic acids is 1. The molecule has 0 fully saturated rings. The zero-order valence-corrected chi connectivity index (χ0v) is 15.1. The number of rotatable bonds is 5. The fourth-order valence-electron chi connectivity index (χ4n) is 2.39. The lowest BCUT2D eigenvalue weighted by atomic mass is 10.2. The second-order valence-corrected chi connectivity index (χ2v) is 6.22. The maximum atomic E-state index is 12.3. The average Bonchev–Trinajstić information content (AvgIpc) is 2.94. The van der Waals surface area contributed by atoms with Crippen LogP contribution in [0, 0.1) is 13.8 Å². The zero-order valence-electron chi connectivity index (χ0n) is 14.4. The summed E-state index contributed by atoms with van der Waals surface area (Å²) in [5.41, 5.74) is 8.90. The van der Waals surface area contributed by atoms with Gasteiger partial charge < -0.3 is 20.3 Å². The summed E-state index contributed by atoms with van der Waals surface area (Å²) in [7, 11) is 0. The molecule has 0 aliphatic carbocycles. The molecule has 0 unspecified atom stereocenters. The molecule has 7 heteroatoms. The topological polar surface area (TPSA) is 90.4 Å². The number of benzene rings is 2. The lowest BCUT2D eigenvalue weighted by molar-refractivity contribution is 0.102. The van der Waals surface area contributed by atoms with Gasteiger partial charge in [-0.3, -0.25) is 4.79 Å². The highest BCUT2D eigenvalue weighted by atomic mass is 35.5. The van der Waals surface area contributed by atoms with Crippen molar-refractivity contribution in [2.75, 3.05) is 11.1 Å². The number of nitrogens with two attached hydrogens (primary N) is 1. The first-order chi connectivity index (χ1) is 12.4. The van der Waals surface area contributed by atoms with Crippen molar-refractivity contribution in [1.82, 2.24) is 5.16 Å². The van der Waals surface area contributed by atoms with Gasteiger partial charge in [0.1, 0.15) is 18.1 Å². The molecule has 0 radical (unpaired) electrons. The summed E-state index contributed by atoms with van der Waals surface area (Å²) in [4.78, 5) is 12.3. The molecule has 1 aromatic heterocycles. The van der Waals surface area contributed by atoms with Gasteiger partial charge in [-0.05, 0) is 56.3 Å². The van der Waals surface area contributed by atoms with Crippen LogP contribution in [0.5, 0.6) is 5.75 Å². The molecule has 134 valence electrons. The van der Waals surface area contributed by atoms with E-state index in [0.717, 1.165) is 17.0 Å². The predicted octanol–water partition coefficient (Wildman–Crippen LogP) is 4.36. The molecule has 0 atom stereocenters. The standard InChI is InChI=1S/C19H18ClN3O3/c1-11-16(12(2)26-23-11)10-25-15-6-3-13(4-7-15)19(24)22-18-8-5-14(21)9-17(18)20/h3-9H,10,21H2,1-2H3,(H,22,24). The summed E-state index contributed by atoms with van der Waals surface area (Å²) in [5, 5.41) is 7.03. The Labute approximate surface area is 155 Å². The Balaban J connectivity index is 1.64. The average molecular weight is 372 g/mol. The summed E-state index contributed by atoms with van der Waals surface area (Å²) in [6, 6.07) is 11.8. The van der Waals surface area contributed by atoms with Gasteiger partial charge in [-0.1, -0.05) is 16.8 Å². The van der Waals surface area contributed by atoms with E-state index in [1.54, 1.807) is 42.5 Å². The number of nitrogens with one attached hydrogen (secondary N) is 1. The number of nitrogens with zero attached hydrogens (tertiary/aromatic N) is 1. The Morgan fingerprint density at radius 1 is 1.23 bits per heavy atom. The normalized spacial score (nSPS) is 10.6. The van der Waals surface area contributed by atoms with E-state index in [4.69, 9.17) is 26.6 Å². The third-order valence-electron chi connectivity index (χ3n) is 3.92. The number of halogens is 1. The van der Waals surface area contributed by atoms with E-state index in [2.05, 4.69) is 10.5 Å². The minimum Gasteiger partial charge on any atom is -0.489 e. The Hall–Kier alpha value is -2.99. The molecule has 0 spiro atoms. The fraction of sp³-hybridized carbons (Fsp3) is 0.158. The van der Waals surface area contributed by atoms with Crippen LogP contribution >= 0.6 is 11.6 Å². The van der Waals surface area contributed by atoms with Gasteiger partial charge in [-0.15, -0.1) is 0 Å². The lowest BCUT2D eigenvalue weighted by Crippen LogP contribution is -2.12. The number of aromatic nitrogens is 1. The van der Waals surface area contributed by atoms with Crippen LogP contribution in [0.15, 0.2) is 47.0 Å². The molecule has 2 aromatic carbocycles. The molecular formula is C19H18ClN3O3. The maximum Gasteiger partial charge on any atom is 0.255 e. The molecule has 1 amide bonds. The molecule has 0 aliphatic heterocycles. The van der Waals surface area contributed by atoms with E-state index in [1.807, 2.05) is 13.8 Å². The number of hydrogen-bond acceptors (Lipinski definition) is 5. The van der Waals surface area contributed by atoms with E-state index in [-0.39, 0.29) is 5.91 Å². The third-order valence-corrected chi connectivity index (χ3v) is 4.23. The Morgan fingerprint density at radius 3 is 2.58 bits per heavy atom. The number of hydrogen-bond donors (Lipinski definition) is 2. The first-order valence-corrected chi connectivity index (χ1v) is 8.33. The van der Waals surface area contributed by atoms with E-state index < -0.39 is 0 Å². The van der Waals surface area contributed by atoms with Crippen molar-refractivity contribution >= 4 is 28.9 Å². The van der Waals surface area contributed by atoms with Crippen molar-refractivity contribution in [2.24, 2.45) is 0 Å². The first kappa shape index (κ1) is 17.8. The monoisotopic (exact) mass is 371 g/mol. The second kappa shape index (κ2) is 7.49. The Morgan fingerprint density at radius 2 is 1.96 bits per heavy atom. The zero-order chi connectivity index (χ0) is 18.7. The van der Waals surface area contributed by atoms with Crippen molar-refractivity contribution in [3.63, 3.8) is 0 Å². The van der Waals surface area contributed by atoms with Crippen LogP contribution in [0.3, 0.4) is 0 Å². The van der Waals surface area contributed by atoms with Crippen molar-refractivity contribution in [1.29, 1.82) is 0 Å². The van der Waals surface area contributed by atoms with Gasteiger partial charge in [-0.2, -0.15) is 0 Å². The summed E-state index contributed by atoms with van der Waals surface area (Å²) >= 11 is 6.07. The van der Waals surface area contributed by atoms with Gasteiger partial charge in [0.25, 0.3) is 5.91 Å². The summed E-state index contributed by atoms with van der Waals surface area (Å²) in [5.74, 6) is 1.11. The molecule has 0 saturated heterocycles. The molecular weight excluding hydrogens is 354 g/mol. The summed E-state index contributed by atoms with van der Waals surface area (Å²) < 4.78 is 10.8. The van der Waals surface area contributed by atoms with Crippen LogP contribution in [-0.4, -0.2) is 11.1 Å². The summed E-state index contributed by atoms with van der Waals surface area (Å²) in [6.45, 7) is 4.06. The molecule has 0 bridgehead atoms. The molecule has 6 nitrogen and oxygen atoms in total. The van der Waals surface area contributed by atoms with Gasteiger partial charge in [-0.25, -0.2) is 0 Å². The molecule has 3 rings (SSSR count). The number of carbonyl (C=O) groups is 1. The summed E-state index contributed by atoms with van der Waals surface area (Å²) in [6.07, 6.45) is 0. The quantitative estimate of drug-likeness (QED) is 0.650. The van der Waals surface area contributed by atoms with E-state index in [0.29, 0.717) is 34.3 Å². The van der Waals surface area contributed by atoms with E-state index in [9.17, 15) is 4.79 Å². The van der Waals surface area contributed by atoms with Gasteiger partial charge in [0, 0.05) is 11.3 Å². The largest absolute Gasteiger partial charge is 0.489 e. The van der Waals surface area contributed by atoms with E-state index in [1.165, 1.54) is 0 Å². The molecule has 3 aromatic rings. The van der Waals surface area contributed by atoms with Crippen molar-refractivity contribution < 1.29 is 14.1 Å². The molecule has 1 heterocycles. The highest BCUT2D eigenvalue weighted by molar-refractivity contribution is 6.34. The fourth-order valence-corrected chi connectivity index (χ4v) is 2.63. The van der Waals surface area contributed by atoms with Crippen LogP contribution in [0.25, 0.3) is 0 Å². The number of anilines is 2. The number of amides is 1. The number of aryl methyl sites for hydroxylation is 2. The molecule has 3 N–H and O–H groups in total. The van der Waals surface area contributed by atoms with Crippen LogP contribution in [0.2, 0.25) is 5.02 Å². The Bertz CT molecular complexity index is 916. The van der Waals surface area contributed by atoms with E-state index >= 15 is 0 Å². The van der Waals surface area contributed by atoms with Crippen molar-refractivity contribution in [3.05, 3.63) is 70.1 Å². The van der Waals surface area contributed by atoms with Crippen LogP contribution < -0.4 is 15.8 Å². The first-order valence-electron chi connectivity index (χ1n) is 7.95. The molecule has 26 heavy (non-hydrogen) atoms. The maximum absolute atomic E-state index is 12.3. The van der Waals surface area contributed by atoms with Gasteiger partial charge in [0.2, 0.25) is 0 Å². The van der Waals surface area contributed by atoms with Crippen molar-refractivity contribution in [2.45, 2.75) is 20.5 Å². The number of ether oxygens (including phenoxy) is 1. The van der Waals surface area contributed by atoms with Gasteiger partial charge >= 0.3 is 0 Å². The van der Waals surface area contributed by atoms with Crippen LogP contribution in [-0.2, 0) is 6.61 Å². The van der Waals surface area contributed by atoms with Gasteiger partial charge in [0.15, 0.2) is 0 Å². The van der Waals surface area contributed by atoms with Crippen molar-refractivity contribution in [3.8, 4) is 5.75 Å². The smallest absolute Gasteiger partial charge is 0.255 e. The lowest BCUT2D eigenvalue weighted by Gasteiger charge is -2.09. The predicted molar refractivity (Wildman–Crippen MR) is 101 cm³/mol. The molecule has 0 saturated carbocycles. The van der Waals surface area contributed by atoms with Gasteiger partial charge in [0.05, 0.1) is 22.0 Å². The highest BCUT2D eigenvalue weighted by Gasteiger charge is 2.11. The second-order valence-electron chi connectivity index (χ2n) is 5.81. The molecule has 0 aliphatic rings. The Kier molecular flexibility index (Phi) is 5.14. The number of nitrogen functional groups attached to an aromatic ring is 1.